The van der Waals surface area contributed by atoms with E-state index in [0.29, 0.717) is 6.04 Å². The minimum atomic E-state index is -3.74. The number of hydrogen-bond acceptors (Lipinski definition) is 4. The molecule has 5 N–H and O–H groups in total. The second kappa shape index (κ2) is 4.78. The number of rotatable bonds is 3. The van der Waals surface area contributed by atoms with Gasteiger partial charge in [-0.25, -0.2) is 13.6 Å². The normalized spacial score (nSPS) is 24.1. The summed E-state index contributed by atoms with van der Waals surface area (Å²) >= 11 is 0. The van der Waals surface area contributed by atoms with Crippen LogP contribution in [0.4, 0.5) is 11.4 Å². The highest BCUT2D eigenvalue weighted by Crippen LogP contribution is 2.29. The van der Waals surface area contributed by atoms with Crippen LogP contribution in [0.1, 0.15) is 26.2 Å². The summed E-state index contributed by atoms with van der Waals surface area (Å²) in [6.45, 7) is 2.24. The van der Waals surface area contributed by atoms with Gasteiger partial charge in [-0.3, -0.25) is 0 Å². The molecule has 0 amide bonds. The first-order chi connectivity index (χ1) is 8.36. The molecule has 2 unspecified atom stereocenters. The maximum Gasteiger partial charge on any atom is 0.240 e. The van der Waals surface area contributed by atoms with E-state index in [-0.39, 0.29) is 10.6 Å². The van der Waals surface area contributed by atoms with Gasteiger partial charge >= 0.3 is 0 Å². The average Bonchev–Trinajstić information content (AvgIpc) is 2.62. The van der Waals surface area contributed by atoms with Crippen molar-refractivity contribution >= 4 is 21.4 Å². The number of sulfonamides is 1. The Hall–Kier alpha value is -1.27. The van der Waals surface area contributed by atoms with Crippen LogP contribution in [0.15, 0.2) is 23.1 Å². The third-order valence-electron chi connectivity index (χ3n) is 3.38. The molecule has 1 fully saturated rings. The highest BCUT2D eigenvalue weighted by Gasteiger charge is 2.21. The third-order valence-corrected chi connectivity index (χ3v) is 4.37. The van der Waals surface area contributed by atoms with Crippen molar-refractivity contribution in [2.24, 2.45) is 11.1 Å². The zero-order chi connectivity index (χ0) is 13.3. The lowest BCUT2D eigenvalue weighted by atomic mass is 10.1. The summed E-state index contributed by atoms with van der Waals surface area (Å²) in [5.74, 6) is 0.739. The second-order valence-electron chi connectivity index (χ2n) is 5.06. The monoisotopic (exact) mass is 269 g/mol. The summed E-state index contributed by atoms with van der Waals surface area (Å²) in [4.78, 5) is -0.0205. The number of nitrogens with one attached hydrogen (secondary N) is 1. The van der Waals surface area contributed by atoms with Crippen molar-refractivity contribution in [1.29, 1.82) is 0 Å². The fraction of sp³-hybridized carbons (Fsp3) is 0.500. The summed E-state index contributed by atoms with van der Waals surface area (Å²) in [6.07, 6.45) is 3.50. The first-order valence-electron chi connectivity index (χ1n) is 6.05. The van der Waals surface area contributed by atoms with Crippen molar-refractivity contribution in [3.8, 4) is 0 Å². The van der Waals surface area contributed by atoms with Crippen LogP contribution in [0, 0.1) is 5.92 Å². The maximum atomic E-state index is 11.2. The molecule has 6 heteroatoms. The molecule has 5 nitrogen and oxygen atoms in total. The van der Waals surface area contributed by atoms with E-state index in [1.807, 2.05) is 0 Å². The van der Waals surface area contributed by atoms with E-state index in [4.69, 9.17) is 10.9 Å². The second-order valence-corrected chi connectivity index (χ2v) is 6.59. The molecule has 1 aliphatic carbocycles. The Labute approximate surface area is 108 Å². The van der Waals surface area contributed by atoms with Gasteiger partial charge in [-0.15, -0.1) is 0 Å². The van der Waals surface area contributed by atoms with Crippen LogP contribution in [-0.4, -0.2) is 14.5 Å². The van der Waals surface area contributed by atoms with Crippen molar-refractivity contribution in [3.63, 3.8) is 0 Å². The van der Waals surface area contributed by atoms with Gasteiger partial charge in [-0.1, -0.05) is 6.92 Å². The van der Waals surface area contributed by atoms with Gasteiger partial charge in [-0.05, 0) is 43.4 Å². The summed E-state index contributed by atoms with van der Waals surface area (Å²) < 4.78 is 22.5. The lowest BCUT2D eigenvalue weighted by Crippen LogP contribution is -2.17. The lowest BCUT2D eigenvalue weighted by Gasteiger charge is -2.15. The van der Waals surface area contributed by atoms with Crippen LogP contribution in [0.3, 0.4) is 0 Å². The molecule has 0 spiro atoms. The molecular weight excluding hydrogens is 250 g/mol. The molecule has 0 saturated heterocycles. The highest BCUT2D eigenvalue weighted by molar-refractivity contribution is 7.89. The number of benzene rings is 1. The smallest absolute Gasteiger partial charge is 0.240 e. The molecule has 1 aliphatic rings. The van der Waals surface area contributed by atoms with Gasteiger partial charge in [0.25, 0.3) is 0 Å². The Balaban J connectivity index is 2.14. The highest BCUT2D eigenvalue weighted by atomic mass is 32.2. The SMILES string of the molecule is CC1CCC(Nc2ccc(S(N)(=O)=O)c(N)c2)C1. The summed E-state index contributed by atoms with van der Waals surface area (Å²) in [6, 6.07) is 5.23. The number of anilines is 2. The molecule has 0 bridgehead atoms. The molecule has 2 atom stereocenters. The molecule has 1 aromatic carbocycles. The average molecular weight is 269 g/mol. The standard InChI is InChI=1S/C12H19N3O2S/c1-8-2-3-9(6-8)15-10-4-5-12(11(13)7-10)18(14,16)17/h4-5,7-9,15H,2-3,6,13H2,1H3,(H2,14,16,17). The van der Waals surface area contributed by atoms with E-state index in [1.165, 1.54) is 12.5 Å². The van der Waals surface area contributed by atoms with Crippen molar-refractivity contribution < 1.29 is 8.42 Å². The molecule has 1 aromatic rings. The Bertz CT molecular complexity index is 542. The molecular formula is C12H19N3O2S. The van der Waals surface area contributed by atoms with Crippen molar-refractivity contribution in [2.45, 2.75) is 37.1 Å². The van der Waals surface area contributed by atoms with Crippen LogP contribution in [0.2, 0.25) is 0 Å². The van der Waals surface area contributed by atoms with E-state index in [0.717, 1.165) is 24.4 Å². The number of nitrogens with two attached hydrogens (primary N) is 2. The Kier molecular flexibility index (Phi) is 3.49. The lowest BCUT2D eigenvalue weighted by molar-refractivity contribution is 0.598. The largest absolute Gasteiger partial charge is 0.398 e. The molecule has 100 valence electrons. The Morgan fingerprint density at radius 2 is 2.06 bits per heavy atom. The minimum absolute atomic E-state index is 0.0205. The van der Waals surface area contributed by atoms with Crippen LogP contribution in [0.25, 0.3) is 0 Å². The first kappa shape index (κ1) is 13.2. The van der Waals surface area contributed by atoms with E-state index < -0.39 is 10.0 Å². The van der Waals surface area contributed by atoms with Crippen molar-refractivity contribution in [1.82, 2.24) is 0 Å². The van der Waals surface area contributed by atoms with Gasteiger partial charge in [0.15, 0.2) is 0 Å². The molecule has 0 heterocycles. The topological polar surface area (TPSA) is 98.2 Å². The summed E-state index contributed by atoms with van der Waals surface area (Å²) in [7, 11) is -3.74. The van der Waals surface area contributed by atoms with Gasteiger partial charge < -0.3 is 11.1 Å². The summed E-state index contributed by atoms with van der Waals surface area (Å²) in [5.41, 5.74) is 6.74. The number of primary sulfonamides is 1. The molecule has 18 heavy (non-hydrogen) atoms. The van der Waals surface area contributed by atoms with Crippen LogP contribution in [-0.2, 0) is 10.0 Å². The van der Waals surface area contributed by atoms with E-state index in [2.05, 4.69) is 12.2 Å². The molecule has 0 aromatic heterocycles. The van der Waals surface area contributed by atoms with Gasteiger partial charge in [0.05, 0.1) is 5.69 Å². The molecule has 0 aliphatic heterocycles. The van der Waals surface area contributed by atoms with Gasteiger partial charge in [0.1, 0.15) is 4.90 Å². The zero-order valence-electron chi connectivity index (χ0n) is 10.4. The number of nitrogen functional groups attached to an aromatic ring is 1. The van der Waals surface area contributed by atoms with Gasteiger partial charge in [0.2, 0.25) is 10.0 Å². The fourth-order valence-electron chi connectivity index (χ4n) is 2.47. The quantitative estimate of drug-likeness (QED) is 0.724. The predicted molar refractivity (Wildman–Crippen MR) is 72.7 cm³/mol. The van der Waals surface area contributed by atoms with Crippen LogP contribution < -0.4 is 16.2 Å². The van der Waals surface area contributed by atoms with Crippen LogP contribution >= 0.6 is 0 Å². The molecule has 1 saturated carbocycles. The zero-order valence-corrected chi connectivity index (χ0v) is 11.2. The van der Waals surface area contributed by atoms with Crippen molar-refractivity contribution in [2.75, 3.05) is 11.1 Å². The first-order valence-corrected chi connectivity index (χ1v) is 7.60. The maximum absolute atomic E-state index is 11.2. The minimum Gasteiger partial charge on any atom is -0.398 e. The van der Waals surface area contributed by atoms with Crippen LogP contribution in [0.5, 0.6) is 0 Å². The predicted octanol–water partition coefficient (Wildman–Crippen LogP) is 1.52. The molecule has 0 radical (unpaired) electrons. The van der Waals surface area contributed by atoms with Crippen molar-refractivity contribution in [3.05, 3.63) is 18.2 Å². The summed E-state index contributed by atoms with van der Waals surface area (Å²) in [5, 5.41) is 8.44. The van der Waals surface area contributed by atoms with E-state index >= 15 is 0 Å². The molecule has 2 rings (SSSR count). The van der Waals surface area contributed by atoms with E-state index in [9.17, 15) is 8.42 Å². The Morgan fingerprint density at radius 1 is 1.33 bits per heavy atom. The number of hydrogen-bond donors (Lipinski definition) is 3. The van der Waals surface area contributed by atoms with Gasteiger partial charge in [0, 0.05) is 11.7 Å². The van der Waals surface area contributed by atoms with E-state index in [1.54, 1.807) is 12.1 Å². The Morgan fingerprint density at radius 3 is 2.56 bits per heavy atom. The third kappa shape index (κ3) is 2.94. The fourth-order valence-corrected chi connectivity index (χ4v) is 3.12. The van der Waals surface area contributed by atoms with Gasteiger partial charge in [-0.2, -0.15) is 0 Å².